The second-order valence-electron chi connectivity index (χ2n) is 2.28. The lowest BCUT2D eigenvalue weighted by molar-refractivity contribution is 0.738. The largest absolute Gasteiger partial charge is 0.0533 e. The molecule has 0 aliphatic rings. The summed E-state index contributed by atoms with van der Waals surface area (Å²) in [5.74, 6) is 0. The van der Waals surface area contributed by atoms with Crippen LogP contribution >= 0.6 is 0 Å². The lowest BCUT2D eigenvalue weighted by Gasteiger charge is -1.95. The molecule has 0 unspecified atom stereocenters. The van der Waals surface area contributed by atoms with Crippen molar-refractivity contribution in [2.24, 2.45) is 0 Å². The number of rotatable bonds is 6. The molecule has 0 fully saturated rings. The predicted octanol–water partition coefficient (Wildman–Crippen LogP) is 3.20. The molecule has 0 saturated carbocycles. The molecule has 9 heavy (non-hydrogen) atoms. The Balaban J connectivity index is 2.60. The van der Waals surface area contributed by atoms with Gasteiger partial charge >= 0.3 is 0 Å². The Morgan fingerprint density at radius 1 is 0.889 bits per heavy atom. The lowest BCUT2D eigenvalue weighted by atomic mass is 10.1. The van der Waals surface area contributed by atoms with Crippen LogP contribution in [0.2, 0.25) is 0 Å². The zero-order chi connectivity index (χ0) is 6.95. The molecule has 0 spiro atoms. The Hall–Kier alpha value is 0. The standard InChI is InChI=1S/C9H17/c1-3-5-7-9-8-6-4-2/h9H,1-8H2. The van der Waals surface area contributed by atoms with Gasteiger partial charge < -0.3 is 0 Å². The van der Waals surface area contributed by atoms with Crippen molar-refractivity contribution in [3.63, 3.8) is 0 Å². The summed E-state index contributed by atoms with van der Waals surface area (Å²) in [6.45, 7) is 7.54. The summed E-state index contributed by atoms with van der Waals surface area (Å²) in [5.41, 5.74) is 0. The van der Waals surface area contributed by atoms with Crippen LogP contribution in [0.4, 0.5) is 0 Å². The first kappa shape index (κ1) is 9.00. The molecule has 0 saturated heterocycles. The Bertz CT molecular complexity index is 33.3. The number of hydrogen-bond donors (Lipinski definition) is 0. The lowest BCUT2D eigenvalue weighted by Crippen LogP contribution is -1.77. The minimum Gasteiger partial charge on any atom is -0.0533 e. The van der Waals surface area contributed by atoms with Crippen LogP contribution in [-0.2, 0) is 0 Å². The van der Waals surface area contributed by atoms with Crippen molar-refractivity contribution < 1.29 is 0 Å². The maximum absolute atomic E-state index is 3.77. The molecule has 0 aliphatic carbocycles. The zero-order valence-electron chi connectivity index (χ0n) is 6.23. The van der Waals surface area contributed by atoms with E-state index in [4.69, 9.17) is 0 Å². The van der Waals surface area contributed by atoms with Gasteiger partial charge in [-0.2, -0.15) is 0 Å². The molecular formula is C9H17. The average molecular weight is 125 g/mol. The van der Waals surface area contributed by atoms with Crippen LogP contribution in [-0.4, -0.2) is 0 Å². The van der Waals surface area contributed by atoms with Gasteiger partial charge in [0.1, 0.15) is 0 Å². The maximum atomic E-state index is 3.77. The van der Waals surface area contributed by atoms with Crippen LogP contribution in [0.5, 0.6) is 0 Å². The highest BCUT2D eigenvalue weighted by atomic mass is 13.9. The molecule has 53 valence electrons. The Kier molecular flexibility index (Phi) is 8.00. The second kappa shape index (κ2) is 8.00. The summed E-state index contributed by atoms with van der Waals surface area (Å²) in [6, 6.07) is 0. The minimum absolute atomic E-state index is 1.07. The van der Waals surface area contributed by atoms with Gasteiger partial charge in [0.2, 0.25) is 0 Å². The third-order valence-electron chi connectivity index (χ3n) is 1.32. The molecule has 0 N–H and O–H groups in total. The Morgan fingerprint density at radius 2 is 1.33 bits per heavy atom. The van der Waals surface area contributed by atoms with Crippen molar-refractivity contribution in [2.45, 2.75) is 38.5 Å². The van der Waals surface area contributed by atoms with E-state index in [0.29, 0.717) is 0 Å². The van der Waals surface area contributed by atoms with E-state index in [1.807, 2.05) is 0 Å². The van der Waals surface area contributed by atoms with Gasteiger partial charge in [-0.15, -0.1) is 0 Å². The quantitative estimate of drug-likeness (QED) is 0.478. The van der Waals surface area contributed by atoms with Crippen LogP contribution in [0.25, 0.3) is 0 Å². The van der Waals surface area contributed by atoms with Gasteiger partial charge in [-0.05, 0) is 6.42 Å². The third kappa shape index (κ3) is 8.00. The van der Waals surface area contributed by atoms with Crippen molar-refractivity contribution in [1.82, 2.24) is 0 Å². The fourth-order valence-corrected chi connectivity index (χ4v) is 0.722. The molecule has 0 heteroatoms. The smallest absolute Gasteiger partial charge is 0.0386 e. The first-order valence-electron chi connectivity index (χ1n) is 3.82. The topological polar surface area (TPSA) is 0 Å². The monoisotopic (exact) mass is 125 g/mol. The summed E-state index contributed by atoms with van der Waals surface area (Å²) < 4.78 is 0. The number of unbranched alkanes of at least 4 members (excludes halogenated alkanes) is 6. The first-order valence-corrected chi connectivity index (χ1v) is 3.82. The van der Waals surface area contributed by atoms with Crippen molar-refractivity contribution in [1.29, 1.82) is 0 Å². The van der Waals surface area contributed by atoms with E-state index in [1.165, 1.54) is 25.7 Å². The highest BCUT2D eigenvalue weighted by Gasteiger charge is 1.86. The van der Waals surface area contributed by atoms with Crippen molar-refractivity contribution in [3.8, 4) is 0 Å². The molecule has 0 aromatic heterocycles. The van der Waals surface area contributed by atoms with Crippen LogP contribution < -0.4 is 0 Å². The fourth-order valence-electron chi connectivity index (χ4n) is 0.722. The third-order valence-corrected chi connectivity index (χ3v) is 1.32. The summed E-state index contributed by atoms with van der Waals surface area (Å²) >= 11 is 0. The van der Waals surface area contributed by atoms with E-state index >= 15 is 0 Å². The van der Waals surface area contributed by atoms with Crippen molar-refractivity contribution in [3.05, 3.63) is 20.3 Å². The van der Waals surface area contributed by atoms with Crippen LogP contribution in [0, 0.1) is 20.3 Å². The zero-order valence-corrected chi connectivity index (χ0v) is 6.23. The van der Waals surface area contributed by atoms with E-state index in [2.05, 4.69) is 20.3 Å². The maximum Gasteiger partial charge on any atom is -0.0386 e. The summed E-state index contributed by atoms with van der Waals surface area (Å²) in [4.78, 5) is 0. The molecule has 0 heterocycles. The molecule has 0 amide bonds. The van der Waals surface area contributed by atoms with Gasteiger partial charge in [-0.1, -0.05) is 52.4 Å². The average Bonchev–Trinajstić information content (AvgIpc) is 1.89. The van der Waals surface area contributed by atoms with Gasteiger partial charge in [0, 0.05) is 0 Å². The second-order valence-corrected chi connectivity index (χ2v) is 2.28. The van der Waals surface area contributed by atoms with E-state index < -0.39 is 0 Å². The van der Waals surface area contributed by atoms with Gasteiger partial charge in [0.15, 0.2) is 0 Å². The van der Waals surface area contributed by atoms with E-state index in [9.17, 15) is 0 Å². The van der Waals surface area contributed by atoms with Gasteiger partial charge in [0.25, 0.3) is 0 Å². The first-order chi connectivity index (χ1) is 4.41. The van der Waals surface area contributed by atoms with Gasteiger partial charge in [0.05, 0.1) is 0 Å². The van der Waals surface area contributed by atoms with Gasteiger partial charge in [-0.3, -0.25) is 0 Å². The number of hydrogen-bond acceptors (Lipinski definition) is 0. The molecule has 0 aromatic carbocycles. The fraction of sp³-hybridized carbons (Fsp3) is 0.667. The summed E-state index contributed by atoms with van der Waals surface area (Å²) in [7, 11) is 0. The molecule has 0 nitrogen and oxygen atoms in total. The molecule has 0 aromatic rings. The van der Waals surface area contributed by atoms with E-state index in [-0.39, 0.29) is 0 Å². The van der Waals surface area contributed by atoms with Crippen molar-refractivity contribution in [2.75, 3.05) is 0 Å². The molecule has 0 atom stereocenters. The van der Waals surface area contributed by atoms with Crippen LogP contribution in [0.15, 0.2) is 0 Å². The van der Waals surface area contributed by atoms with Crippen molar-refractivity contribution >= 4 is 0 Å². The summed E-state index contributed by atoms with van der Waals surface area (Å²) in [6.07, 6.45) is 9.46. The predicted molar refractivity (Wildman–Crippen MR) is 42.7 cm³/mol. The van der Waals surface area contributed by atoms with Gasteiger partial charge in [-0.25, -0.2) is 0 Å². The minimum atomic E-state index is 1.07. The molecule has 0 rings (SSSR count). The Labute approximate surface area is 59.7 Å². The molecule has 0 bridgehead atoms. The van der Waals surface area contributed by atoms with E-state index in [1.54, 1.807) is 0 Å². The summed E-state index contributed by atoms with van der Waals surface area (Å²) in [5, 5.41) is 0. The van der Waals surface area contributed by atoms with Crippen LogP contribution in [0.3, 0.4) is 0 Å². The van der Waals surface area contributed by atoms with Crippen LogP contribution in [0.1, 0.15) is 38.5 Å². The molecular weight excluding hydrogens is 108 g/mol. The SMILES string of the molecule is [CH2]CCC[CH]CCC[CH2]. The van der Waals surface area contributed by atoms with E-state index in [0.717, 1.165) is 12.8 Å². The Morgan fingerprint density at radius 3 is 1.67 bits per heavy atom. The normalized spacial score (nSPS) is 10.0. The highest BCUT2D eigenvalue weighted by molar-refractivity contribution is 4.64. The molecule has 3 radical (unpaired) electrons. The molecule has 0 aliphatic heterocycles. The highest BCUT2D eigenvalue weighted by Crippen LogP contribution is 2.04.